The molecule has 0 aromatic heterocycles. The third kappa shape index (κ3) is 6.57. The lowest BCUT2D eigenvalue weighted by Crippen LogP contribution is -3.28. The van der Waals surface area contributed by atoms with E-state index in [-0.39, 0.29) is 5.91 Å². The molecular weight excluding hydrogens is 374 g/mol. The maximum Gasteiger partial charge on any atom is 0.279 e. The van der Waals surface area contributed by atoms with Crippen LogP contribution in [0.25, 0.3) is 0 Å². The average Bonchev–Trinajstić information content (AvgIpc) is 2.75. The van der Waals surface area contributed by atoms with E-state index in [2.05, 4.69) is 50.4 Å². The predicted molar refractivity (Wildman–Crippen MR) is 122 cm³/mol. The van der Waals surface area contributed by atoms with Crippen molar-refractivity contribution in [1.82, 2.24) is 0 Å². The van der Waals surface area contributed by atoms with E-state index < -0.39 is 0 Å². The molecule has 1 saturated heterocycles. The van der Waals surface area contributed by atoms with Gasteiger partial charge in [0, 0.05) is 12.1 Å². The Morgan fingerprint density at radius 3 is 2.53 bits per heavy atom. The van der Waals surface area contributed by atoms with Crippen molar-refractivity contribution in [3.05, 3.63) is 59.2 Å². The molecule has 3 N–H and O–H groups in total. The number of carbonyl (C=O) groups is 1. The van der Waals surface area contributed by atoms with Crippen LogP contribution in [0.2, 0.25) is 0 Å². The maximum atomic E-state index is 12.5. The third-order valence-electron chi connectivity index (χ3n) is 6.02. The summed E-state index contributed by atoms with van der Waals surface area (Å²) in [5, 5.41) is 3.10. The van der Waals surface area contributed by atoms with Crippen molar-refractivity contribution in [2.45, 2.75) is 33.6 Å². The predicted octanol–water partition coefficient (Wildman–Crippen LogP) is 1.06. The Bertz CT molecular complexity index is 829. The zero-order valence-corrected chi connectivity index (χ0v) is 18.7. The van der Waals surface area contributed by atoms with Crippen LogP contribution in [-0.4, -0.2) is 51.8 Å². The molecule has 0 aliphatic carbocycles. The molecule has 3 rings (SSSR count). The average molecular weight is 412 g/mol. The number of anilines is 1. The Morgan fingerprint density at radius 2 is 1.77 bits per heavy atom. The molecule has 0 bridgehead atoms. The Kier molecular flexibility index (Phi) is 8.29. The Labute approximate surface area is 181 Å². The first-order valence-corrected chi connectivity index (χ1v) is 11.3. The van der Waals surface area contributed by atoms with Gasteiger partial charge in [-0.05, 0) is 49.1 Å². The molecule has 1 heterocycles. The van der Waals surface area contributed by atoms with Crippen molar-refractivity contribution in [2.24, 2.45) is 0 Å². The lowest BCUT2D eigenvalue weighted by atomic mass is 10.1. The first-order valence-electron chi connectivity index (χ1n) is 11.3. The molecule has 0 spiro atoms. The van der Waals surface area contributed by atoms with Crippen LogP contribution in [0.5, 0.6) is 5.75 Å². The molecule has 1 amide bonds. The highest BCUT2D eigenvalue weighted by molar-refractivity contribution is 5.92. The summed E-state index contributed by atoms with van der Waals surface area (Å²) in [4.78, 5) is 15.5. The van der Waals surface area contributed by atoms with E-state index in [0.29, 0.717) is 6.54 Å². The number of aryl methyl sites for hydroxylation is 3. The number of ether oxygens (including phenoxy) is 1. The quantitative estimate of drug-likeness (QED) is 0.541. The zero-order valence-electron chi connectivity index (χ0n) is 18.7. The largest absolute Gasteiger partial charge is 0.493 e. The number of hydrogen-bond acceptors (Lipinski definition) is 2. The van der Waals surface area contributed by atoms with Crippen LogP contribution < -0.4 is 19.9 Å². The summed E-state index contributed by atoms with van der Waals surface area (Å²) < 4.78 is 5.99. The number of piperazine rings is 1. The van der Waals surface area contributed by atoms with Gasteiger partial charge < -0.3 is 19.9 Å². The number of carbonyl (C=O) groups excluding carboxylic acids is 1. The first-order chi connectivity index (χ1) is 14.5. The van der Waals surface area contributed by atoms with Gasteiger partial charge in [0.25, 0.3) is 5.91 Å². The molecule has 5 nitrogen and oxygen atoms in total. The smallest absolute Gasteiger partial charge is 0.279 e. The first kappa shape index (κ1) is 22.3. The van der Waals surface area contributed by atoms with E-state index in [1.807, 2.05) is 18.2 Å². The molecular formula is C25H37N3O2+2. The summed E-state index contributed by atoms with van der Waals surface area (Å²) in [6.07, 6.45) is 1.99. The van der Waals surface area contributed by atoms with E-state index in [4.69, 9.17) is 4.74 Å². The van der Waals surface area contributed by atoms with E-state index in [1.165, 1.54) is 21.6 Å². The van der Waals surface area contributed by atoms with Gasteiger partial charge in [-0.25, -0.2) is 0 Å². The lowest BCUT2D eigenvalue weighted by Gasteiger charge is -2.29. The minimum Gasteiger partial charge on any atom is -0.493 e. The summed E-state index contributed by atoms with van der Waals surface area (Å²) in [6, 6.07) is 14.4. The molecule has 0 unspecified atom stereocenters. The van der Waals surface area contributed by atoms with Gasteiger partial charge in [0.05, 0.1) is 13.2 Å². The standard InChI is InChI=1S/C25H35N3O2/c1-4-22-8-5-6-9-23(22)26-25(29)19-28-15-13-27(14-16-28)12-7-17-30-24-18-20(2)10-11-21(24)3/h5-6,8-11,18H,4,7,12-17,19H2,1-3H3,(H,26,29)/p+2. The van der Waals surface area contributed by atoms with Crippen molar-refractivity contribution in [1.29, 1.82) is 0 Å². The number of nitrogens with one attached hydrogen (secondary N) is 3. The molecule has 162 valence electrons. The minimum atomic E-state index is 0.122. The summed E-state index contributed by atoms with van der Waals surface area (Å²) >= 11 is 0. The molecule has 0 atom stereocenters. The van der Waals surface area contributed by atoms with Crippen LogP contribution in [-0.2, 0) is 11.2 Å². The van der Waals surface area contributed by atoms with Gasteiger partial charge in [0.15, 0.2) is 6.54 Å². The van der Waals surface area contributed by atoms with Crippen molar-refractivity contribution >= 4 is 11.6 Å². The second-order valence-electron chi connectivity index (χ2n) is 8.46. The Hall–Kier alpha value is -2.37. The fourth-order valence-corrected chi connectivity index (χ4v) is 4.12. The van der Waals surface area contributed by atoms with Crippen LogP contribution in [0, 0.1) is 13.8 Å². The van der Waals surface area contributed by atoms with Gasteiger partial charge in [0.1, 0.15) is 31.9 Å². The van der Waals surface area contributed by atoms with Gasteiger partial charge in [-0.3, -0.25) is 4.79 Å². The number of rotatable bonds is 9. The van der Waals surface area contributed by atoms with Crippen LogP contribution in [0.15, 0.2) is 42.5 Å². The number of quaternary nitrogens is 2. The maximum absolute atomic E-state index is 12.5. The van der Waals surface area contributed by atoms with Crippen molar-refractivity contribution in [3.63, 3.8) is 0 Å². The SMILES string of the molecule is CCc1ccccc1NC(=O)C[NH+]1CC[NH+](CCCOc2cc(C)ccc2C)CC1. The minimum absolute atomic E-state index is 0.122. The Morgan fingerprint density at radius 1 is 1.03 bits per heavy atom. The highest BCUT2D eigenvalue weighted by atomic mass is 16.5. The van der Waals surface area contributed by atoms with Crippen LogP contribution >= 0.6 is 0 Å². The molecule has 5 heteroatoms. The summed E-state index contributed by atoms with van der Waals surface area (Å²) in [6.45, 7) is 13.1. The van der Waals surface area contributed by atoms with Crippen molar-refractivity contribution in [2.75, 3.05) is 51.2 Å². The highest BCUT2D eigenvalue weighted by Gasteiger charge is 2.24. The monoisotopic (exact) mass is 411 g/mol. The second-order valence-corrected chi connectivity index (χ2v) is 8.46. The molecule has 1 fully saturated rings. The number of hydrogen-bond donors (Lipinski definition) is 3. The van der Waals surface area contributed by atoms with Gasteiger partial charge in [-0.2, -0.15) is 0 Å². The van der Waals surface area contributed by atoms with E-state index in [0.717, 1.165) is 63.6 Å². The summed E-state index contributed by atoms with van der Waals surface area (Å²) in [7, 11) is 0. The molecule has 0 saturated carbocycles. The summed E-state index contributed by atoms with van der Waals surface area (Å²) in [5.41, 5.74) is 4.59. The third-order valence-corrected chi connectivity index (χ3v) is 6.02. The van der Waals surface area contributed by atoms with Crippen LogP contribution in [0.4, 0.5) is 5.69 Å². The fourth-order valence-electron chi connectivity index (χ4n) is 4.12. The van der Waals surface area contributed by atoms with Crippen LogP contribution in [0.3, 0.4) is 0 Å². The van der Waals surface area contributed by atoms with E-state index in [9.17, 15) is 4.79 Å². The van der Waals surface area contributed by atoms with Crippen molar-refractivity contribution < 1.29 is 19.3 Å². The van der Waals surface area contributed by atoms with Gasteiger partial charge >= 0.3 is 0 Å². The van der Waals surface area contributed by atoms with Gasteiger partial charge in [-0.1, -0.05) is 37.3 Å². The Balaban J connectivity index is 1.33. The number of para-hydroxylation sites is 1. The topological polar surface area (TPSA) is 47.2 Å². The van der Waals surface area contributed by atoms with E-state index >= 15 is 0 Å². The highest BCUT2D eigenvalue weighted by Crippen LogP contribution is 2.19. The molecule has 30 heavy (non-hydrogen) atoms. The lowest BCUT2D eigenvalue weighted by molar-refractivity contribution is -1.01. The molecule has 1 aliphatic rings. The zero-order chi connectivity index (χ0) is 21.3. The summed E-state index contributed by atoms with van der Waals surface area (Å²) in [5.74, 6) is 1.13. The van der Waals surface area contributed by atoms with Gasteiger partial charge in [-0.15, -0.1) is 0 Å². The molecule has 0 radical (unpaired) electrons. The van der Waals surface area contributed by atoms with Crippen molar-refractivity contribution in [3.8, 4) is 5.75 Å². The molecule has 2 aromatic rings. The molecule has 1 aliphatic heterocycles. The van der Waals surface area contributed by atoms with Gasteiger partial charge in [0.2, 0.25) is 0 Å². The fraction of sp³-hybridized carbons (Fsp3) is 0.480. The van der Waals surface area contributed by atoms with E-state index in [1.54, 1.807) is 4.90 Å². The molecule has 2 aromatic carbocycles. The number of amides is 1. The number of benzene rings is 2. The van der Waals surface area contributed by atoms with Crippen LogP contribution in [0.1, 0.15) is 30.0 Å². The normalized spacial score (nSPS) is 18.8. The second kappa shape index (κ2) is 11.1.